The molecule has 0 aliphatic carbocycles. The highest BCUT2D eigenvalue weighted by Crippen LogP contribution is 2.26. The van der Waals surface area contributed by atoms with Gasteiger partial charge >= 0.3 is 0 Å². The van der Waals surface area contributed by atoms with Gasteiger partial charge in [-0.2, -0.15) is 0 Å². The monoisotopic (exact) mass is 389 g/mol. The fourth-order valence-electron chi connectivity index (χ4n) is 2.95. The van der Waals surface area contributed by atoms with Gasteiger partial charge < -0.3 is 16.0 Å². The van der Waals surface area contributed by atoms with Crippen molar-refractivity contribution in [2.75, 3.05) is 40.9 Å². The summed E-state index contributed by atoms with van der Waals surface area (Å²) >= 11 is 0. The van der Waals surface area contributed by atoms with E-state index in [4.69, 9.17) is 5.73 Å². The highest BCUT2D eigenvalue weighted by molar-refractivity contribution is 7.92. The van der Waals surface area contributed by atoms with Gasteiger partial charge in [-0.15, -0.1) is 0 Å². The number of pyridine rings is 1. The molecule has 3 rings (SSSR count). The van der Waals surface area contributed by atoms with Crippen molar-refractivity contribution in [3.05, 3.63) is 42.0 Å². The van der Waals surface area contributed by atoms with E-state index in [1.807, 2.05) is 0 Å². The molecule has 0 spiro atoms. The Morgan fingerprint density at radius 1 is 1.15 bits per heavy atom. The van der Waals surface area contributed by atoms with Gasteiger partial charge in [0.05, 0.1) is 17.5 Å². The maximum absolute atomic E-state index is 11.8. The minimum Gasteiger partial charge on any atom is -0.365 e. The maximum atomic E-state index is 11.8. The molecule has 2 heterocycles. The van der Waals surface area contributed by atoms with E-state index in [0.29, 0.717) is 22.8 Å². The van der Waals surface area contributed by atoms with E-state index in [0.717, 1.165) is 38.0 Å². The second-order valence-electron chi connectivity index (χ2n) is 6.53. The van der Waals surface area contributed by atoms with Gasteiger partial charge in [-0.1, -0.05) is 0 Å². The van der Waals surface area contributed by atoms with Gasteiger partial charge in [-0.25, -0.2) is 13.4 Å². The van der Waals surface area contributed by atoms with Crippen LogP contribution in [-0.4, -0.2) is 45.7 Å². The number of nitrogens with zero attached hydrogens (tertiary/aromatic N) is 3. The molecule has 1 saturated heterocycles. The molecule has 0 atom stereocenters. The van der Waals surface area contributed by atoms with Crippen molar-refractivity contribution < 1.29 is 13.2 Å². The van der Waals surface area contributed by atoms with E-state index in [9.17, 15) is 13.2 Å². The van der Waals surface area contributed by atoms with Crippen LogP contribution < -0.4 is 20.3 Å². The average Bonchev–Trinajstić information content (AvgIpc) is 3.15. The third kappa shape index (κ3) is 4.30. The van der Waals surface area contributed by atoms with Crippen molar-refractivity contribution in [3.8, 4) is 0 Å². The first kappa shape index (κ1) is 19.0. The van der Waals surface area contributed by atoms with Crippen LogP contribution in [0.1, 0.15) is 23.2 Å². The molecule has 27 heavy (non-hydrogen) atoms. The summed E-state index contributed by atoms with van der Waals surface area (Å²) in [5, 5.41) is 3.12. The summed E-state index contributed by atoms with van der Waals surface area (Å²) in [6.07, 6.45) is 3.39. The van der Waals surface area contributed by atoms with Gasteiger partial charge in [0.2, 0.25) is 10.0 Å². The van der Waals surface area contributed by atoms with E-state index in [1.54, 1.807) is 36.4 Å². The second kappa shape index (κ2) is 7.43. The van der Waals surface area contributed by atoms with Gasteiger partial charge in [0, 0.05) is 25.8 Å². The second-order valence-corrected chi connectivity index (χ2v) is 8.54. The molecule has 1 aliphatic heterocycles. The van der Waals surface area contributed by atoms with Crippen LogP contribution in [0.5, 0.6) is 0 Å². The first-order valence-electron chi connectivity index (χ1n) is 8.62. The Labute approximate surface area is 159 Å². The lowest BCUT2D eigenvalue weighted by molar-refractivity contribution is 0.100. The van der Waals surface area contributed by atoms with E-state index in [2.05, 4.69) is 15.2 Å². The predicted octanol–water partition coefficient (Wildman–Crippen LogP) is 1.92. The molecule has 1 aromatic heterocycles. The third-order valence-corrected chi connectivity index (χ3v) is 5.77. The van der Waals surface area contributed by atoms with Crippen molar-refractivity contribution >= 4 is 38.9 Å². The minimum absolute atomic E-state index is 0.301. The first-order chi connectivity index (χ1) is 12.8. The fourth-order valence-corrected chi connectivity index (χ4v) is 3.45. The van der Waals surface area contributed by atoms with Gasteiger partial charge in [0.1, 0.15) is 11.6 Å². The van der Waals surface area contributed by atoms with Gasteiger partial charge in [0.25, 0.3) is 5.91 Å². The molecule has 0 bridgehead atoms. The Balaban J connectivity index is 1.87. The summed E-state index contributed by atoms with van der Waals surface area (Å²) in [5.41, 5.74) is 6.99. The SMILES string of the molecule is CN(c1ccc(Nc2nc(N3CCCC3)ccc2C(N)=O)cc1)S(C)(=O)=O. The normalized spacial score (nSPS) is 14.2. The van der Waals surface area contributed by atoms with E-state index >= 15 is 0 Å². The first-order valence-corrected chi connectivity index (χ1v) is 10.5. The molecule has 0 radical (unpaired) electrons. The van der Waals surface area contributed by atoms with Gasteiger partial charge in [-0.3, -0.25) is 9.10 Å². The summed E-state index contributed by atoms with van der Waals surface area (Å²) in [5.74, 6) is 0.621. The number of anilines is 4. The average molecular weight is 389 g/mol. The summed E-state index contributed by atoms with van der Waals surface area (Å²) in [7, 11) is -1.84. The van der Waals surface area contributed by atoms with Crippen LogP contribution in [-0.2, 0) is 10.0 Å². The number of aromatic nitrogens is 1. The molecule has 1 amide bonds. The zero-order chi connectivity index (χ0) is 19.6. The van der Waals surface area contributed by atoms with E-state index in [-0.39, 0.29) is 0 Å². The van der Waals surface area contributed by atoms with Crippen LogP contribution >= 0.6 is 0 Å². The topological polar surface area (TPSA) is 109 Å². The number of carbonyl (C=O) groups is 1. The van der Waals surface area contributed by atoms with Crippen molar-refractivity contribution in [3.63, 3.8) is 0 Å². The molecule has 0 unspecified atom stereocenters. The number of nitrogens with one attached hydrogen (secondary N) is 1. The van der Waals surface area contributed by atoms with Crippen molar-refractivity contribution in [2.24, 2.45) is 5.73 Å². The molecule has 0 saturated carbocycles. The molecular formula is C18H23N5O3S. The molecule has 9 heteroatoms. The number of carbonyl (C=O) groups excluding carboxylic acids is 1. The van der Waals surface area contributed by atoms with Crippen LogP contribution in [0, 0.1) is 0 Å². The fraction of sp³-hybridized carbons (Fsp3) is 0.333. The largest absolute Gasteiger partial charge is 0.365 e. The van der Waals surface area contributed by atoms with Crippen molar-refractivity contribution in [1.82, 2.24) is 4.98 Å². The number of benzene rings is 1. The predicted molar refractivity (Wildman–Crippen MR) is 107 cm³/mol. The van der Waals surface area contributed by atoms with Gasteiger partial charge in [0.15, 0.2) is 0 Å². The number of amides is 1. The Morgan fingerprint density at radius 3 is 2.33 bits per heavy atom. The zero-order valence-corrected chi connectivity index (χ0v) is 16.2. The molecular weight excluding hydrogens is 366 g/mol. The Kier molecular flexibility index (Phi) is 5.22. The standard InChI is InChI=1S/C18H23N5O3S/c1-22(27(2,25)26)14-7-5-13(6-8-14)20-18-15(17(19)24)9-10-16(21-18)23-11-3-4-12-23/h5-10H,3-4,11-12H2,1-2H3,(H2,19,24)(H,20,21). The quantitative estimate of drug-likeness (QED) is 0.781. The van der Waals surface area contributed by atoms with Crippen LogP contribution in [0.3, 0.4) is 0 Å². The highest BCUT2D eigenvalue weighted by atomic mass is 32.2. The Hall–Kier alpha value is -2.81. The maximum Gasteiger partial charge on any atom is 0.252 e. The van der Waals surface area contributed by atoms with Crippen LogP contribution in [0.2, 0.25) is 0 Å². The molecule has 3 N–H and O–H groups in total. The summed E-state index contributed by atoms with van der Waals surface area (Å²) in [4.78, 5) is 18.5. The molecule has 1 aliphatic rings. The Bertz CT molecular complexity index is 938. The van der Waals surface area contributed by atoms with Gasteiger partial charge in [-0.05, 0) is 49.2 Å². The zero-order valence-electron chi connectivity index (χ0n) is 15.3. The number of rotatable bonds is 6. The number of sulfonamides is 1. The molecule has 8 nitrogen and oxygen atoms in total. The Morgan fingerprint density at radius 2 is 1.78 bits per heavy atom. The van der Waals surface area contributed by atoms with Crippen LogP contribution in [0.4, 0.5) is 23.0 Å². The lowest BCUT2D eigenvalue weighted by Crippen LogP contribution is -2.24. The van der Waals surface area contributed by atoms with Crippen molar-refractivity contribution in [1.29, 1.82) is 0 Å². The minimum atomic E-state index is -3.33. The van der Waals surface area contributed by atoms with Crippen LogP contribution in [0.15, 0.2) is 36.4 Å². The number of primary amides is 1. The summed E-state index contributed by atoms with van der Waals surface area (Å²) < 4.78 is 24.5. The lowest BCUT2D eigenvalue weighted by Gasteiger charge is -2.19. The summed E-state index contributed by atoms with van der Waals surface area (Å²) in [6.45, 7) is 1.88. The molecule has 2 aromatic rings. The number of hydrogen-bond donors (Lipinski definition) is 2. The number of nitrogens with two attached hydrogens (primary N) is 1. The smallest absolute Gasteiger partial charge is 0.252 e. The van der Waals surface area contributed by atoms with E-state index in [1.165, 1.54) is 11.4 Å². The molecule has 1 fully saturated rings. The van der Waals surface area contributed by atoms with E-state index < -0.39 is 15.9 Å². The molecule has 1 aromatic carbocycles. The third-order valence-electron chi connectivity index (χ3n) is 4.57. The highest BCUT2D eigenvalue weighted by Gasteiger charge is 2.18. The van der Waals surface area contributed by atoms with Crippen LogP contribution in [0.25, 0.3) is 0 Å². The number of hydrogen-bond acceptors (Lipinski definition) is 6. The van der Waals surface area contributed by atoms with Crippen molar-refractivity contribution in [2.45, 2.75) is 12.8 Å². The lowest BCUT2D eigenvalue weighted by atomic mass is 10.2. The molecule has 144 valence electrons. The summed E-state index contributed by atoms with van der Waals surface area (Å²) in [6, 6.07) is 10.3.